The Balaban J connectivity index is 1.47. The minimum Gasteiger partial charge on any atom is -0.489 e. The van der Waals surface area contributed by atoms with Crippen LogP contribution in [0.2, 0.25) is 0 Å². The van der Waals surface area contributed by atoms with Gasteiger partial charge in [0.1, 0.15) is 12.4 Å². The number of pyridine rings is 1. The maximum atomic E-state index is 12.8. The van der Waals surface area contributed by atoms with Gasteiger partial charge in [-0.3, -0.25) is 14.0 Å². The Morgan fingerprint density at radius 2 is 1.73 bits per heavy atom. The molecular weight excluding hydrogens is 412 g/mol. The summed E-state index contributed by atoms with van der Waals surface area (Å²) in [6.45, 7) is 8.95. The van der Waals surface area contributed by atoms with Crippen LogP contribution in [0.5, 0.6) is 5.75 Å². The fourth-order valence-corrected chi connectivity index (χ4v) is 4.11. The molecule has 4 rings (SSSR count). The van der Waals surface area contributed by atoms with E-state index in [9.17, 15) is 4.79 Å². The Bertz CT molecular complexity index is 1220. The third-order valence-electron chi connectivity index (χ3n) is 5.75. The van der Waals surface area contributed by atoms with Crippen molar-refractivity contribution in [2.45, 2.75) is 39.8 Å². The van der Waals surface area contributed by atoms with E-state index < -0.39 is 0 Å². The first kappa shape index (κ1) is 22.8. The van der Waals surface area contributed by atoms with Gasteiger partial charge >= 0.3 is 0 Å². The van der Waals surface area contributed by atoms with Gasteiger partial charge in [0.2, 0.25) is 0 Å². The zero-order valence-corrected chi connectivity index (χ0v) is 19.5. The monoisotopic (exact) mass is 444 g/mol. The third kappa shape index (κ3) is 5.71. The van der Waals surface area contributed by atoms with Crippen LogP contribution < -0.4 is 10.3 Å². The summed E-state index contributed by atoms with van der Waals surface area (Å²) < 4.78 is 9.48. The van der Waals surface area contributed by atoms with Crippen LogP contribution in [0.25, 0.3) is 16.6 Å². The molecule has 0 radical (unpaired) electrons. The van der Waals surface area contributed by atoms with E-state index in [0.29, 0.717) is 12.4 Å². The van der Waals surface area contributed by atoms with E-state index in [1.54, 1.807) is 10.8 Å². The molecule has 0 saturated heterocycles. The van der Waals surface area contributed by atoms with Gasteiger partial charge in [-0.25, -0.2) is 0 Å². The Kier molecular flexibility index (Phi) is 7.58. The number of benzene rings is 2. The van der Waals surface area contributed by atoms with Gasteiger partial charge < -0.3 is 9.64 Å². The number of nitrogens with zero attached hydrogens (tertiary/aromatic N) is 4. The predicted molar refractivity (Wildman–Crippen MR) is 133 cm³/mol. The van der Waals surface area contributed by atoms with E-state index in [1.165, 1.54) is 6.07 Å². The van der Waals surface area contributed by atoms with E-state index in [2.05, 4.69) is 28.5 Å². The normalized spacial score (nSPS) is 11.4. The number of rotatable bonds is 11. The quantitative estimate of drug-likeness (QED) is 0.331. The first-order valence-corrected chi connectivity index (χ1v) is 11.8. The first-order valence-electron chi connectivity index (χ1n) is 11.8. The van der Waals surface area contributed by atoms with Gasteiger partial charge in [-0.1, -0.05) is 44.2 Å². The van der Waals surface area contributed by atoms with Crippen LogP contribution >= 0.6 is 0 Å². The van der Waals surface area contributed by atoms with E-state index in [1.807, 2.05) is 60.8 Å². The summed E-state index contributed by atoms with van der Waals surface area (Å²) in [5.41, 5.74) is 2.85. The summed E-state index contributed by atoms with van der Waals surface area (Å²) >= 11 is 0. The van der Waals surface area contributed by atoms with Crippen LogP contribution in [-0.2, 0) is 13.2 Å². The Hall–Kier alpha value is -3.38. The summed E-state index contributed by atoms with van der Waals surface area (Å²) in [6.07, 6.45) is 5.97. The fourth-order valence-electron chi connectivity index (χ4n) is 4.11. The van der Waals surface area contributed by atoms with Gasteiger partial charge in [-0.15, -0.1) is 0 Å². The summed E-state index contributed by atoms with van der Waals surface area (Å²) in [5, 5.41) is 5.62. The number of hydrogen-bond donors (Lipinski definition) is 0. The van der Waals surface area contributed by atoms with Crippen LogP contribution in [0, 0.1) is 0 Å². The van der Waals surface area contributed by atoms with Gasteiger partial charge in [0.05, 0.1) is 18.3 Å². The number of hydrogen-bond acceptors (Lipinski definition) is 4. The second-order valence-corrected chi connectivity index (χ2v) is 8.30. The highest BCUT2D eigenvalue weighted by molar-refractivity contribution is 5.80. The van der Waals surface area contributed by atoms with Crippen molar-refractivity contribution in [2.75, 3.05) is 19.6 Å². The molecule has 0 bridgehead atoms. The second kappa shape index (κ2) is 11.0. The topological polar surface area (TPSA) is 52.3 Å². The molecule has 0 aliphatic heterocycles. The molecule has 0 amide bonds. The van der Waals surface area contributed by atoms with E-state index in [4.69, 9.17) is 4.74 Å². The summed E-state index contributed by atoms with van der Waals surface area (Å²) in [6, 6.07) is 19.3. The highest BCUT2D eigenvalue weighted by Gasteiger charge is 2.09. The molecule has 0 atom stereocenters. The van der Waals surface area contributed by atoms with Crippen molar-refractivity contribution >= 4 is 10.9 Å². The molecule has 172 valence electrons. The molecule has 0 aliphatic rings. The first-order chi connectivity index (χ1) is 16.2. The highest BCUT2D eigenvalue weighted by atomic mass is 16.5. The van der Waals surface area contributed by atoms with E-state index in [0.717, 1.165) is 61.2 Å². The number of fused-ring (bicyclic) bond motifs is 1. The van der Waals surface area contributed by atoms with Gasteiger partial charge in [0.25, 0.3) is 5.56 Å². The average Bonchev–Trinajstić information content (AvgIpc) is 3.24. The standard InChI is InChI=1S/C27H32N4O2/c1-3-13-29(14-4-2)16-17-31-26-11-10-24(18-23(26)20-28-31)30-15-12-25(19-27(30)32)33-21-22-8-6-5-7-9-22/h5-12,15,18-20H,3-4,13-14,16-17,21H2,1-2H3. The summed E-state index contributed by atoms with van der Waals surface area (Å²) in [5.74, 6) is 0.567. The van der Waals surface area contributed by atoms with E-state index in [-0.39, 0.29) is 5.56 Å². The average molecular weight is 445 g/mol. The Morgan fingerprint density at radius 1 is 0.939 bits per heavy atom. The van der Waals surface area contributed by atoms with Gasteiger partial charge in [0.15, 0.2) is 0 Å². The van der Waals surface area contributed by atoms with Crippen molar-refractivity contribution in [3.8, 4) is 11.4 Å². The molecule has 0 N–H and O–H groups in total. The zero-order chi connectivity index (χ0) is 23.0. The van der Waals surface area contributed by atoms with Crippen LogP contribution in [0.3, 0.4) is 0 Å². The molecule has 0 fully saturated rings. The molecule has 33 heavy (non-hydrogen) atoms. The molecule has 0 unspecified atom stereocenters. The minimum absolute atomic E-state index is 0.123. The van der Waals surface area contributed by atoms with Crippen molar-refractivity contribution in [3.05, 3.63) is 89.0 Å². The second-order valence-electron chi connectivity index (χ2n) is 8.30. The molecule has 0 aliphatic carbocycles. The van der Waals surface area contributed by atoms with Gasteiger partial charge in [-0.2, -0.15) is 5.10 Å². The van der Waals surface area contributed by atoms with E-state index >= 15 is 0 Å². The molecule has 2 aromatic heterocycles. The van der Waals surface area contributed by atoms with Crippen molar-refractivity contribution in [2.24, 2.45) is 0 Å². The molecule has 0 saturated carbocycles. The molecule has 0 spiro atoms. The minimum atomic E-state index is -0.123. The highest BCUT2D eigenvalue weighted by Crippen LogP contribution is 2.19. The van der Waals surface area contributed by atoms with Gasteiger partial charge in [0, 0.05) is 29.9 Å². The molecule has 4 aromatic rings. The van der Waals surface area contributed by atoms with Crippen molar-refractivity contribution in [1.29, 1.82) is 0 Å². The zero-order valence-electron chi connectivity index (χ0n) is 19.5. The molecule has 2 aromatic carbocycles. The maximum Gasteiger partial charge on any atom is 0.258 e. The Labute approximate surface area is 195 Å². The van der Waals surface area contributed by atoms with Crippen molar-refractivity contribution in [1.82, 2.24) is 19.2 Å². The SMILES string of the molecule is CCCN(CCC)CCn1ncc2cc(-n3ccc(OCc4ccccc4)cc3=O)ccc21. The lowest BCUT2D eigenvalue weighted by molar-refractivity contribution is 0.261. The number of ether oxygens (including phenoxy) is 1. The lowest BCUT2D eigenvalue weighted by atomic mass is 10.2. The van der Waals surface area contributed by atoms with Crippen LogP contribution in [0.1, 0.15) is 32.3 Å². The van der Waals surface area contributed by atoms with Crippen LogP contribution in [0.15, 0.2) is 77.9 Å². The fraction of sp³-hybridized carbons (Fsp3) is 0.333. The molecule has 6 heteroatoms. The van der Waals surface area contributed by atoms with Crippen molar-refractivity contribution in [3.63, 3.8) is 0 Å². The smallest absolute Gasteiger partial charge is 0.258 e. The lowest BCUT2D eigenvalue weighted by Gasteiger charge is -2.20. The van der Waals surface area contributed by atoms with Crippen LogP contribution in [-0.4, -0.2) is 38.9 Å². The summed E-state index contributed by atoms with van der Waals surface area (Å²) in [4.78, 5) is 15.2. The molecule has 2 heterocycles. The lowest BCUT2D eigenvalue weighted by Crippen LogP contribution is -2.29. The predicted octanol–water partition coefficient (Wildman–Crippen LogP) is 4.89. The largest absolute Gasteiger partial charge is 0.489 e. The van der Waals surface area contributed by atoms with Gasteiger partial charge in [-0.05, 0) is 55.8 Å². The molecule has 6 nitrogen and oxygen atoms in total. The van der Waals surface area contributed by atoms with Crippen molar-refractivity contribution < 1.29 is 4.74 Å². The maximum absolute atomic E-state index is 12.8. The molecular formula is C27H32N4O2. The Morgan fingerprint density at radius 3 is 2.45 bits per heavy atom. The van der Waals surface area contributed by atoms with Crippen LogP contribution in [0.4, 0.5) is 0 Å². The summed E-state index contributed by atoms with van der Waals surface area (Å²) in [7, 11) is 0. The third-order valence-corrected chi connectivity index (χ3v) is 5.75. The number of aromatic nitrogens is 3.